The molecular weight excluding hydrogens is 448 g/mol. The van der Waals surface area contributed by atoms with Crippen molar-refractivity contribution in [2.75, 3.05) is 6.54 Å². The molecular formula is C29H24N6O. The van der Waals surface area contributed by atoms with Crippen molar-refractivity contribution in [1.29, 1.82) is 0 Å². The van der Waals surface area contributed by atoms with Crippen LogP contribution in [0, 0.1) is 0 Å². The number of H-pyrrole nitrogens is 1. The first-order valence-electron chi connectivity index (χ1n) is 12.1. The summed E-state index contributed by atoms with van der Waals surface area (Å²) in [6.45, 7) is 1.88. The monoisotopic (exact) mass is 472 g/mol. The fourth-order valence-corrected chi connectivity index (χ4v) is 5.35. The van der Waals surface area contributed by atoms with Crippen molar-refractivity contribution in [3.63, 3.8) is 0 Å². The van der Waals surface area contributed by atoms with Crippen LogP contribution in [-0.4, -0.2) is 37.2 Å². The van der Waals surface area contributed by atoms with E-state index in [1.54, 1.807) is 4.90 Å². The number of carbonyl (C=O) groups is 1. The van der Waals surface area contributed by atoms with Gasteiger partial charge in [0, 0.05) is 58.6 Å². The second kappa shape index (κ2) is 7.95. The van der Waals surface area contributed by atoms with E-state index in [1.807, 2.05) is 18.5 Å². The zero-order chi connectivity index (χ0) is 24.2. The third-order valence-electron chi connectivity index (χ3n) is 7.26. The van der Waals surface area contributed by atoms with E-state index in [1.165, 1.54) is 11.3 Å². The van der Waals surface area contributed by atoms with Gasteiger partial charge < -0.3 is 15.6 Å². The minimum atomic E-state index is -0.368. The van der Waals surface area contributed by atoms with Crippen molar-refractivity contribution < 1.29 is 4.79 Å². The molecule has 6 aromatic rings. The molecule has 36 heavy (non-hydrogen) atoms. The van der Waals surface area contributed by atoms with Gasteiger partial charge in [0.1, 0.15) is 0 Å². The van der Waals surface area contributed by atoms with Gasteiger partial charge in [-0.15, -0.1) is 0 Å². The second-order valence-electron chi connectivity index (χ2n) is 9.46. The van der Waals surface area contributed by atoms with Gasteiger partial charge in [0.2, 0.25) is 0 Å². The molecule has 176 valence electrons. The Labute approximate surface area is 207 Å². The van der Waals surface area contributed by atoms with E-state index in [-0.39, 0.29) is 6.03 Å². The van der Waals surface area contributed by atoms with Crippen molar-refractivity contribution in [2.24, 2.45) is 5.73 Å². The molecule has 3 aromatic heterocycles. The summed E-state index contributed by atoms with van der Waals surface area (Å²) in [7, 11) is 0. The van der Waals surface area contributed by atoms with Crippen LogP contribution in [0.25, 0.3) is 43.8 Å². The predicted octanol–water partition coefficient (Wildman–Crippen LogP) is 5.22. The van der Waals surface area contributed by atoms with E-state index < -0.39 is 0 Å². The van der Waals surface area contributed by atoms with Gasteiger partial charge in [0.15, 0.2) is 0 Å². The topological polar surface area (TPSA) is 92.8 Å². The lowest BCUT2D eigenvalue weighted by Crippen LogP contribution is -2.39. The minimum absolute atomic E-state index is 0.368. The number of aromatic amines is 1. The Balaban J connectivity index is 1.26. The number of nitrogens with one attached hydrogen (secondary N) is 1. The van der Waals surface area contributed by atoms with Gasteiger partial charge in [-0.3, -0.25) is 9.67 Å². The Kier molecular flexibility index (Phi) is 4.57. The number of nitrogens with two attached hydrogens (primary N) is 1. The van der Waals surface area contributed by atoms with Gasteiger partial charge in [-0.2, -0.15) is 5.10 Å². The molecule has 7 nitrogen and oxygen atoms in total. The van der Waals surface area contributed by atoms with Crippen LogP contribution < -0.4 is 5.73 Å². The third-order valence-corrected chi connectivity index (χ3v) is 7.26. The van der Waals surface area contributed by atoms with Crippen LogP contribution in [0.1, 0.15) is 16.8 Å². The molecule has 0 bridgehead atoms. The SMILES string of the molecule is NC(=O)N1CCc2[nH]c3ccc(-c4ccc5cnn(Cc6ccc7ncccc7c6)c5c4)cc3c2C1. The number of pyridine rings is 1. The average molecular weight is 473 g/mol. The molecule has 1 aliphatic rings. The molecule has 3 aromatic carbocycles. The molecule has 2 amide bonds. The molecule has 0 aliphatic carbocycles. The van der Waals surface area contributed by atoms with Crippen LogP contribution in [0.3, 0.4) is 0 Å². The number of fused-ring (bicyclic) bond motifs is 5. The fourth-order valence-electron chi connectivity index (χ4n) is 5.35. The molecule has 1 aliphatic heterocycles. The molecule has 0 atom stereocenters. The number of urea groups is 1. The Hall–Kier alpha value is -4.65. The number of hydrogen-bond donors (Lipinski definition) is 2. The Morgan fingerprint density at radius 3 is 2.81 bits per heavy atom. The van der Waals surface area contributed by atoms with Crippen molar-refractivity contribution in [2.45, 2.75) is 19.5 Å². The number of nitrogens with zero attached hydrogens (tertiary/aromatic N) is 4. The van der Waals surface area contributed by atoms with Crippen molar-refractivity contribution in [3.8, 4) is 11.1 Å². The van der Waals surface area contributed by atoms with Crippen LogP contribution in [0.5, 0.6) is 0 Å². The summed E-state index contributed by atoms with van der Waals surface area (Å²) in [5, 5.41) is 8.06. The van der Waals surface area contributed by atoms with E-state index in [2.05, 4.69) is 80.4 Å². The molecule has 0 unspecified atom stereocenters. The van der Waals surface area contributed by atoms with Gasteiger partial charge in [0.05, 0.1) is 23.8 Å². The maximum Gasteiger partial charge on any atom is 0.315 e. The van der Waals surface area contributed by atoms with Gasteiger partial charge in [-0.1, -0.05) is 30.3 Å². The van der Waals surface area contributed by atoms with E-state index in [0.29, 0.717) is 19.6 Å². The maximum atomic E-state index is 11.8. The van der Waals surface area contributed by atoms with E-state index >= 15 is 0 Å². The quantitative estimate of drug-likeness (QED) is 0.370. The lowest BCUT2D eigenvalue weighted by molar-refractivity contribution is 0.202. The van der Waals surface area contributed by atoms with Crippen LogP contribution in [0.2, 0.25) is 0 Å². The average Bonchev–Trinajstić information content (AvgIpc) is 3.48. The number of benzene rings is 3. The highest BCUT2D eigenvalue weighted by Crippen LogP contribution is 2.32. The third kappa shape index (κ3) is 3.40. The molecule has 0 radical (unpaired) electrons. The summed E-state index contributed by atoms with van der Waals surface area (Å²) in [5.41, 5.74) is 14.5. The number of aromatic nitrogens is 4. The zero-order valence-electron chi connectivity index (χ0n) is 19.6. The molecule has 7 heteroatoms. The summed E-state index contributed by atoms with van der Waals surface area (Å²) in [6.07, 6.45) is 4.53. The first-order chi connectivity index (χ1) is 17.6. The zero-order valence-corrected chi connectivity index (χ0v) is 19.6. The minimum Gasteiger partial charge on any atom is -0.358 e. The molecule has 7 rings (SSSR count). The smallest absolute Gasteiger partial charge is 0.315 e. The Morgan fingerprint density at radius 1 is 1.00 bits per heavy atom. The van der Waals surface area contributed by atoms with Crippen LogP contribution >= 0.6 is 0 Å². The van der Waals surface area contributed by atoms with E-state index in [0.717, 1.165) is 55.8 Å². The number of amides is 2. The number of primary amides is 1. The van der Waals surface area contributed by atoms with Gasteiger partial charge in [0.25, 0.3) is 0 Å². The van der Waals surface area contributed by atoms with E-state index in [4.69, 9.17) is 5.73 Å². The molecule has 0 saturated heterocycles. The maximum absolute atomic E-state index is 11.8. The van der Waals surface area contributed by atoms with Gasteiger partial charge in [-0.05, 0) is 53.1 Å². The number of rotatable bonds is 3. The molecule has 0 saturated carbocycles. The van der Waals surface area contributed by atoms with Crippen LogP contribution in [0.15, 0.2) is 79.1 Å². The number of hydrogen-bond acceptors (Lipinski definition) is 3. The van der Waals surface area contributed by atoms with Crippen LogP contribution in [0.4, 0.5) is 4.79 Å². The first-order valence-corrected chi connectivity index (χ1v) is 12.1. The summed E-state index contributed by atoms with van der Waals surface area (Å²) < 4.78 is 2.05. The second-order valence-corrected chi connectivity index (χ2v) is 9.46. The molecule has 3 N–H and O–H groups in total. The van der Waals surface area contributed by atoms with E-state index in [9.17, 15) is 4.79 Å². The van der Waals surface area contributed by atoms with Crippen molar-refractivity contribution >= 4 is 38.7 Å². The highest BCUT2D eigenvalue weighted by molar-refractivity contribution is 5.92. The number of carbonyl (C=O) groups excluding carboxylic acids is 1. The molecule has 4 heterocycles. The highest BCUT2D eigenvalue weighted by Gasteiger charge is 2.22. The summed E-state index contributed by atoms with van der Waals surface area (Å²) in [4.78, 5) is 21.4. The summed E-state index contributed by atoms with van der Waals surface area (Å²) in [6, 6.07) is 23.0. The largest absolute Gasteiger partial charge is 0.358 e. The lowest BCUT2D eigenvalue weighted by Gasteiger charge is -2.25. The highest BCUT2D eigenvalue weighted by atomic mass is 16.2. The summed E-state index contributed by atoms with van der Waals surface area (Å²) >= 11 is 0. The fraction of sp³-hybridized carbons (Fsp3) is 0.138. The van der Waals surface area contributed by atoms with Crippen molar-refractivity contribution in [3.05, 3.63) is 95.9 Å². The molecule has 0 spiro atoms. The molecule has 0 fully saturated rings. The van der Waals surface area contributed by atoms with Gasteiger partial charge in [-0.25, -0.2) is 4.79 Å². The summed E-state index contributed by atoms with van der Waals surface area (Å²) in [5.74, 6) is 0. The van der Waals surface area contributed by atoms with Gasteiger partial charge >= 0.3 is 6.03 Å². The Morgan fingerprint density at radius 2 is 1.89 bits per heavy atom. The predicted molar refractivity (Wildman–Crippen MR) is 142 cm³/mol. The van der Waals surface area contributed by atoms with Crippen LogP contribution in [-0.2, 0) is 19.5 Å². The van der Waals surface area contributed by atoms with Crippen molar-refractivity contribution in [1.82, 2.24) is 24.6 Å². The standard InChI is InChI=1S/C29H24N6O/c30-29(36)34-11-9-27-24(17-34)23-13-19(6-8-26(23)33-27)20-4-5-22-15-32-35(28(22)14-20)16-18-3-7-25-21(12-18)2-1-10-31-25/h1-8,10,12-15,33H,9,11,16-17H2,(H2,30,36). The Bertz CT molecular complexity index is 1800. The normalized spacial score (nSPS) is 13.5. The lowest BCUT2D eigenvalue weighted by atomic mass is 9.99. The first kappa shape index (κ1) is 20.7.